The van der Waals surface area contributed by atoms with Crippen LogP contribution in [0.4, 0.5) is 5.69 Å². The number of aromatic nitrogens is 2. The van der Waals surface area contributed by atoms with Gasteiger partial charge in [-0.1, -0.05) is 6.92 Å². The molecule has 8 nitrogen and oxygen atoms in total. The molecule has 1 aromatic carbocycles. The Labute approximate surface area is 184 Å². The van der Waals surface area contributed by atoms with Crippen molar-refractivity contribution in [1.82, 2.24) is 14.9 Å². The smallest absolute Gasteiger partial charge is 0.269 e. The van der Waals surface area contributed by atoms with E-state index in [1.165, 1.54) is 22.6 Å². The summed E-state index contributed by atoms with van der Waals surface area (Å²) in [6.07, 6.45) is 3.21. The first-order valence-electron chi connectivity index (χ1n) is 10.6. The minimum absolute atomic E-state index is 0.0371. The van der Waals surface area contributed by atoms with Gasteiger partial charge in [0.2, 0.25) is 5.88 Å². The Morgan fingerprint density at radius 2 is 2.03 bits per heavy atom. The zero-order valence-electron chi connectivity index (χ0n) is 17.4. The van der Waals surface area contributed by atoms with Crippen LogP contribution in [0.5, 0.6) is 11.6 Å². The van der Waals surface area contributed by atoms with Crippen LogP contribution < -0.4 is 4.74 Å². The number of thiophene rings is 1. The summed E-state index contributed by atoms with van der Waals surface area (Å²) in [4.78, 5) is 24.9. The minimum atomic E-state index is -0.413. The van der Waals surface area contributed by atoms with Gasteiger partial charge in [0, 0.05) is 30.1 Å². The van der Waals surface area contributed by atoms with Crippen LogP contribution >= 0.6 is 11.3 Å². The summed E-state index contributed by atoms with van der Waals surface area (Å²) in [7, 11) is 0. The Bertz CT molecular complexity index is 1110. The van der Waals surface area contributed by atoms with E-state index in [9.17, 15) is 10.1 Å². The maximum Gasteiger partial charge on any atom is 0.269 e. The van der Waals surface area contributed by atoms with E-state index in [4.69, 9.17) is 19.4 Å². The topological polar surface area (TPSA) is 90.6 Å². The van der Waals surface area contributed by atoms with E-state index in [2.05, 4.69) is 11.8 Å². The van der Waals surface area contributed by atoms with Gasteiger partial charge < -0.3 is 9.47 Å². The lowest BCUT2D eigenvalue weighted by Gasteiger charge is -2.25. The standard InChI is InChI=1S/C22H24N4O4S/c1-14-2-7-17-18(12-14)31-22-20(17)21(30-16-5-3-15(4-6-16)26(27)28)23-19(24-22)13-25-8-10-29-11-9-25/h3-6,14H,2,7-13H2,1H3. The van der Waals surface area contributed by atoms with Crippen molar-refractivity contribution in [3.63, 3.8) is 0 Å². The molecule has 31 heavy (non-hydrogen) atoms. The normalized spacial score (nSPS) is 19.3. The van der Waals surface area contributed by atoms with Crippen LogP contribution in [0.25, 0.3) is 10.2 Å². The van der Waals surface area contributed by atoms with E-state index in [0.717, 1.165) is 61.6 Å². The third-order valence-electron chi connectivity index (χ3n) is 5.90. The van der Waals surface area contributed by atoms with E-state index >= 15 is 0 Å². The first-order valence-corrected chi connectivity index (χ1v) is 11.4. The summed E-state index contributed by atoms with van der Waals surface area (Å²) in [6.45, 7) is 6.10. The number of rotatable bonds is 5. The Hall–Kier alpha value is -2.62. The average Bonchev–Trinajstić information content (AvgIpc) is 3.12. The minimum Gasteiger partial charge on any atom is -0.438 e. The molecule has 5 rings (SSSR count). The van der Waals surface area contributed by atoms with Crippen molar-refractivity contribution >= 4 is 27.2 Å². The molecule has 0 amide bonds. The van der Waals surface area contributed by atoms with Gasteiger partial charge in [-0.2, -0.15) is 4.98 Å². The molecule has 3 heterocycles. The van der Waals surface area contributed by atoms with Gasteiger partial charge in [-0.3, -0.25) is 15.0 Å². The predicted molar refractivity (Wildman–Crippen MR) is 118 cm³/mol. The van der Waals surface area contributed by atoms with Gasteiger partial charge in [-0.15, -0.1) is 11.3 Å². The Kier molecular flexibility index (Phi) is 5.56. The number of ether oxygens (including phenoxy) is 2. The molecule has 1 fully saturated rings. The second-order valence-electron chi connectivity index (χ2n) is 8.22. The fourth-order valence-corrected chi connectivity index (χ4v) is 5.59. The first-order chi connectivity index (χ1) is 15.1. The lowest BCUT2D eigenvalue weighted by atomic mass is 9.89. The highest BCUT2D eigenvalue weighted by Gasteiger charge is 2.25. The lowest BCUT2D eigenvalue weighted by Crippen LogP contribution is -2.36. The molecule has 162 valence electrons. The zero-order chi connectivity index (χ0) is 21.4. The van der Waals surface area contributed by atoms with Gasteiger partial charge in [0.1, 0.15) is 16.4 Å². The second kappa shape index (κ2) is 8.49. The van der Waals surface area contributed by atoms with E-state index in [1.54, 1.807) is 23.5 Å². The number of fused-ring (bicyclic) bond motifs is 3. The van der Waals surface area contributed by atoms with Crippen molar-refractivity contribution < 1.29 is 14.4 Å². The largest absolute Gasteiger partial charge is 0.438 e. The molecule has 1 saturated heterocycles. The number of non-ortho nitro benzene ring substituents is 1. The van der Waals surface area contributed by atoms with Crippen LogP contribution in [0.1, 0.15) is 29.6 Å². The third kappa shape index (κ3) is 4.26. The molecule has 0 saturated carbocycles. The number of benzene rings is 1. The summed E-state index contributed by atoms with van der Waals surface area (Å²) < 4.78 is 11.6. The van der Waals surface area contributed by atoms with E-state index in [1.807, 2.05) is 0 Å². The number of hydrogen-bond acceptors (Lipinski definition) is 8. The molecular weight excluding hydrogens is 416 g/mol. The van der Waals surface area contributed by atoms with Crippen molar-refractivity contribution in [2.24, 2.45) is 5.92 Å². The van der Waals surface area contributed by atoms with Crippen molar-refractivity contribution in [1.29, 1.82) is 0 Å². The highest BCUT2D eigenvalue weighted by molar-refractivity contribution is 7.18. The van der Waals surface area contributed by atoms with Crippen molar-refractivity contribution in [2.75, 3.05) is 26.3 Å². The summed E-state index contributed by atoms with van der Waals surface area (Å²) in [5.74, 6) is 2.49. The van der Waals surface area contributed by atoms with Crippen molar-refractivity contribution in [3.05, 3.63) is 50.6 Å². The molecule has 0 spiro atoms. The van der Waals surface area contributed by atoms with Crippen LogP contribution in [0, 0.1) is 16.0 Å². The van der Waals surface area contributed by atoms with Crippen LogP contribution in [0.2, 0.25) is 0 Å². The quantitative estimate of drug-likeness (QED) is 0.430. The molecule has 0 bridgehead atoms. The van der Waals surface area contributed by atoms with Crippen LogP contribution in [-0.2, 0) is 24.1 Å². The number of nitro benzene ring substituents is 1. The predicted octanol–water partition coefficient (Wildman–Crippen LogP) is 4.35. The lowest BCUT2D eigenvalue weighted by molar-refractivity contribution is -0.384. The monoisotopic (exact) mass is 440 g/mol. The van der Waals surface area contributed by atoms with E-state index in [-0.39, 0.29) is 5.69 Å². The van der Waals surface area contributed by atoms with Gasteiger partial charge in [-0.05, 0) is 42.9 Å². The highest BCUT2D eigenvalue weighted by Crippen LogP contribution is 2.42. The number of nitrogens with zero attached hydrogens (tertiary/aromatic N) is 4. The summed E-state index contributed by atoms with van der Waals surface area (Å²) in [6, 6.07) is 6.14. The van der Waals surface area contributed by atoms with Crippen LogP contribution in [0.15, 0.2) is 24.3 Å². The molecule has 0 radical (unpaired) electrons. The van der Waals surface area contributed by atoms with Crippen molar-refractivity contribution in [2.45, 2.75) is 32.7 Å². The molecule has 2 aromatic heterocycles. The zero-order valence-corrected chi connectivity index (χ0v) is 18.2. The van der Waals surface area contributed by atoms with Crippen LogP contribution in [-0.4, -0.2) is 46.1 Å². The molecule has 3 aromatic rings. The molecule has 9 heteroatoms. The fraction of sp³-hybridized carbons (Fsp3) is 0.455. The molecule has 1 aliphatic heterocycles. The number of nitro groups is 1. The fourth-order valence-electron chi connectivity index (χ4n) is 4.20. The molecule has 1 unspecified atom stereocenters. The van der Waals surface area contributed by atoms with Gasteiger partial charge >= 0.3 is 0 Å². The van der Waals surface area contributed by atoms with Gasteiger partial charge in [0.05, 0.1) is 30.1 Å². The average molecular weight is 441 g/mol. The Balaban J connectivity index is 1.53. The molecule has 1 aliphatic carbocycles. The van der Waals surface area contributed by atoms with Crippen molar-refractivity contribution in [3.8, 4) is 11.6 Å². The first kappa shape index (κ1) is 20.3. The van der Waals surface area contributed by atoms with Crippen LogP contribution in [0.3, 0.4) is 0 Å². The maximum absolute atomic E-state index is 11.0. The summed E-state index contributed by atoms with van der Waals surface area (Å²) in [5, 5.41) is 12.0. The summed E-state index contributed by atoms with van der Waals surface area (Å²) >= 11 is 1.75. The van der Waals surface area contributed by atoms with Gasteiger partial charge in [-0.25, -0.2) is 4.98 Å². The Morgan fingerprint density at radius 3 is 2.77 bits per heavy atom. The summed E-state index contributed by atoms with van der Waals surface area (Å²) in [5.41, 5.74) is 1.34. The van der Waals surface area contributed by atoms with Gasteiger partial charge in [0.25, 0.3) is 5.69 Å². The van der Waals surface area contributed by atoms with E-state index in [0.29, 0.717) is 24.1 Å². The SMILES string of the molecule is CC1CCc2c(sc3nc(CN4CCOCC4)nc(Oc4ccc([N+](=O)[O-])cc4)c23)C1. The van der Waals surface area contributed by atoms with Gasteiger partial charge in [0.15, 0.2) is 0 Å². The van der Waals surface area contributed by atoms with E-state index < -0.39 is 4.92 Å². The number of aryl methyl sites for hydroxylation is 1. The molecular formula is C22H24N4O4S. The number of morpholine rings is 1. The third-order valence-corrected chi connectivity index (χ3v) is 7.05. The molecule has 1 atom stereocenters. The Morgan fingerprint density at radius 1 is 1.26 bits per heavy atom. The highest BCUT2D eigenvalue weighted by atomic mass is 32.1. The molecule has 0 N–H and O–H groups in total. The molecule has 2 aliphatic rings. The number of hydrogen-bond donors (Lipinski definition) is 0. The second-order valence-corrected chi connectivity index (χ2v) is 9.30. The maximum atomic E-state index is 11.0.